The number of nitrogens with two attached hydrogens (primary N) is 1. The van der Waals surface area contributed by atoms with Gasteiger partial charge in [0.15, 0.2) is 0 Å². The predicted molar refractivity (Wildman–Crippen MR) is 74.4 cm³/mol. The first kappa shape index (κ1) is 14.3. The van der Waals surface area contributed by atoms with E-state index in [1.54, 1.807) is 25.1 Å². The third kappa shape index (κ3) is 3.08. The van der Waals surface area contributed by atoms with Crippen molar-refractivity contribution < 1.29 is 13.2 Å². The summed E-state index contributed by atoms with van der Waals surface area (Å²) in [6, 6.07) is 5.07. The van der Waals surface area contributed by atoms with Gasteiger partial charge in [-0.2, -0.15) is 0 Å². The van der Waals surface area contributed by atoms with Gasteiger partial charge in [-0.3, -0.25) is 0 Å². The Kier molecular flexibility index (Phi) is 3.85. The van der Waals surface area contributed by atoms with Crippen molar-refractivity contribution >= 4 is 15.7 Å². The molecule has 1 aromatic carbocycles. The molecule has 1 atom stereocenters. The Labute approximate surface area is 114 Å². The first-order chi connectivity index (χ1) is 8.84. The van der Waals surface area contributed by atoms with Crippen LogP contribution in [-0.4, -0.2) is 27.2 Å². The molecule has 1 aliphatic heterocycles. The molecule has 6 heteroatoms. The van der Waals surface area contributed by atoms with Gasteiger partial charge in [0.05, 0.1) is 11.3 Å². The molecule has 0 saturated carbocycles. The van der Waals surface area contributed by atoms with Gasteiger partial charge in [0, 0.05) is 13.2 Å². The third-order valence-electron chi connectivity index (χ3n) is 3.45. The minimum atomic E-state index is -3.60. The molecule has 1 saturated heterocycles. The fraction of sp³-hybridized carbons (Fsp3) is 0.538. The summed E-state index contributed by atoms with van der Waals surface area (Å²) in [5, 5.41) is 0. The largest absolute Gasteiger partial charge is 0.398 e. The van der Waals surface area contributed by atoms with Crippen LogP contribution in [0.15, 0.2) is 23.1 Å². The molecule has 2 rings (SSSR count). The molecular formula is C13H20N2O3S. The zero-order valence-electron chi connectivity index (χ0n) is 11.3. The highest BCUT2D eigenvalue weighted by Gasteiger charge is 2.32. The van der Waals surface area contributed by atoms with Crippen molar-refractivity contribution in [2.24, 2.45) is 0 Å². The smallest absolute Gasteiger partial charge is 0.242 e. The second kappa shape index (κ2) is 5.11. The zero-order chi connectivity index (χ0) is 14.1. The van der Waals surface area contributed by atoms with Gasteiger partial charge >= 0.3 is 0 Å². The highest BCUT2D eigenvalue weighted by atomic mass is 32.2. The summed E-state index contributed by atoms with van der Waals surface area (Å²) in [5.41, 5.74) is 6.27. The molecule has 0 amide bonds. The second-order valence-electron chi connectivity index (χ2n) is 5.22. The Morgan fingerprint density at radius 2 is 2.21 bits per heavy atom. The van der Waals surface area contributed by atoms with E-state index in [2.05, 4.69) is 4.72 Å². The minimum absolute atomic E-state index is 0.164. The summed E-state index contributed by atoms with van der Waals surface area (Å²) in [5.74, 6) is 0. The molecule has 1 unspecified atom stereocenters. The maximum atomic E-state index is 12.3. The van der Waals surface area contributed by atoms with Crippen LogP contribution < -0.4 is 10.5 Å². The molecule has 1 heterocycles. The normalized spacial score (nSPS) is 23.7. The maximum Gasteiger partial charge on any atom is 0.242 e. The van der Waals surface area contributed by atoms with Gasteiger partial charge in [-0.05, 0) is 38.3 Å². The molecule has 0 spiro atoms. The standard InChI is InChI=1S/C13H20N2O3S/c1-10-5-3-6-11(14)12(10)19(16,17)15-9-13(2)7-4-8-18-13/h3,5-6,15H,4,7-9,14H2,1-2H3. The summed E-state index contributed by atoms with van der Waals surface area (Å²) in [7, 11) is -3.60. The number of aryl methyl sites for hydroxylation is 1. The van der Waals surface area contributed by atoms with E-state index < -0.39 is 15.6 Å². The van der Waals surface area contributed by atoms with Crippen LogP contribution in [0.2, 0.25) is 0 Å². The second-order valence-corrected chi connectivity index (χ2v) is 6.92. The number of sulfonamides is 1. The van der Waals surface area contributed by atoms with Crippen molar-refractivity contribution in [2.45, 2.75) is 37.2 Å². The topological polar surface area (TPSA) is 81.4 Å². The van der Waals surface area contributed by atoms with Crippen LogP contribution in [0.3, 0.4) is 0 Å². The highest BCUT2D eigenvalue weighted by Crippen LogP contribution is 2.26. The molecule has 0 aliphatic carbocycles. The molecule has 5 nitrogen and oxygen atoms in total. The number of hydrogen-bond donors (Lipinski definition) is 2. The van der Waals surface area contributed by atoms with Crippen molar-refractivity contribution in [3.05, 3.63) is 23.8 Å². The summed E-state index contributed by atoms with van der Waals surface area (Å²) >= 11 is 0. The van der Waals surface area contributed by atoms with Crippen molar-refractivity contribution in [1.29, 1.82) is 0 Å². The average molecular weight is 284 g/mol. The van der Waals surface area contributed by atoms with Gasteiger partial charge in [-0.1, -0.05) is 12.1 Å². The lowest BCUT2D eigenvalue weighted by molar-refractivity contribution is 0.0250. The third-order valence-corrected chi connectivity index (χ3v) is 5.07. The molecule has 1 aromatic rings. The van der Waals surface area contributed by atoms with Crippen LogP contribution in [0.25, 0.3) is 0 Å². The maximum absolute atomic E-state index is 12.3. The van der Waals surface area contributed by atoms with Crippen molar-refractivity contribution in [3.63, 3.8) is 0 Å². The molecular weight excluding hydrogens is 264 g/mol. The lowest BCUT2D eigenvalue weighted by Gasteiger charge is -2.23. The van der Waals surface area contributed by atoms with Crippen LogP contribution in [0.5, 0.6) is 0 Å². The monoisotopic (exact) mass is 284 g/mol. The van der Waals surface area contributed by atoms with Crippen LogP contribution in [0.4, 0.5) is 5.69 Å². The average Bonchev–Trinajstić information content (AvgIpc) is 2.74. The summed E-state index contributed by atoms with van der Waals surface area (Å²) in [4.78, 5) is 0.164. The number of hydrogen-bond acceptors (Lipinski definition) is 4. The summed E-state index contributed by atoms with van der Waals surface area (Å²) in [6.07, 6.45) is 1.82. The zero-order valence-corrected chi connectivity index (χ0v) is 12.1. The van der Waals surface area contributed by atoms with Crippen LogP contribution >= 0.6 is 0 Å². The number of benzene rings is 1. The molecule has 1 aliphatic rings. The molecule has 0 bridgehead atoms. The molecule has 19 heavy (non-hydrogen) atoms. The lowest BCUT2D eigenvalue weighted by atomic mass is 10.0. The Morgan fingerprint density at radius 3 is 2.79 bits per heavy atom. The fourth-order valence-electron chi connectivity index (χ4n) is 2.34. The number of rotatable bonds is 4. The molecule has 3 N–H and O–H groups in total. The molecule has 1 fully saturated rings. The van der Waals surface area contributed by atoms with Crippen LogP contribution in [0, 0.1) is 6.92 Å². The van der Waals surface area contributed by atoms with Gasteiger partial charge in [0.2, 0.25) is 10.0 Å². The summed E-state index contributed by atoms with van der Waals surface area (Å²) < 4.78 is 32.8. The van der Waals surface area contributed by atoms with E-state index in [0.29, 0.717) is 12.2 Å². The van der Waals surface area contributed by atoms with E-state index in [1.165, 1.54) is 0 Å². The molecule has 0 aromatic heterocycles. The molecule has 0 radical (unpaired) electrons. The number of anilines is 1. The van der Waals surface area contributed by atoms with E-state index in [4.69, 9.17) is 10.5 Å². The predicted octanol–water partition coefficient (Wildman–Crippen LogP) is 1.42. The van der Waals surface area contributed by atoms with Gasteiger partial charge < -0.3 is 10.5 Å². The van der Waals surface area contributed by atoms with E-state index in [-0.39, 0.29) is 17.1 Å². The van der Waals surface area contributed by atoms with Gasteiger partial charge in [0.25, 0.3) is 0 Å². The highest BCUT2D eigenvalue weighted by molar-refractivity contribution is 7.89. The van der Waals surface area contributed by atoms with E-state index in [9.17, 15) is 8.42 Å². The van der Waals surface area contributed by atoms with Gasteiger partial charge in [-0.25, -0.2) is 13.1 Å². The SMILES string of the molecule is Cc1cccc(N)c1S(=O)(=O)NCC1(C)CCCO1. The fourth-order valence-corrected chi connectivity index (χ4v) is 3.85. The quantitative estimate of drug-likeness (QED) is 0.819. The Bertz CT molecular complexity index is 543. The van der Waals surface area contributed by atoms with Crippen molar-refractivity contribution in [2.75, 3.05) is 18.9 Å². The van der Waals surface area contributed by atoms with E-state index in [1.807, 2.05) is 6.92 Å². The van der Waals surface area contributed by atoms with Gasteiger partial charge in [0.1, 0.15) is 4.90 Å². The van der Waals surface area contributed by atoms with E-state index in [0.717, 1.165) is 12.8 Å². The number of nitrogen functional groups attached to an aromatic ring is 1. The minimum Gasteiger partial charge on any atom is -0.398 e. The Morgan fingerprint density at radius 1 is 1.47 bits per heavy atom. The molecule has 106 valence electrons. The summed E-state index contributed by atoms with van der Waals surface area (Å²) in [6.45, 7) is 4.61. The van der Waals surface area contributed by atoms with E-state index >= 15 is 0 Å². The number of nitrogens with one attached hydrogen (secondary N) is 1. The Balaban J connectivity index is 2.19. The van der Waals surface area contributed by atoms with Gasteiger partial charge in [-0.15, -0.1) is 0 Å². The first-order valence-electron chi connectivity index (χ1n) is 6.33. The number of ether oxygens (including phenoxy) is 1. The van der Waals surface area contributed by atoms with Crippen LogP contribution in [0.1, 0.15) is 25.3 Å². The first-order valence-corrected chi connectivity index (χ1v) is 7.81. The van der Waals surface area contributed by atoms with Crippen molar-refractivity contribution in [3.8, 4) is 0 Å². The van der Waals surface area contributed by atoms with Crippen LogP contribution in [-0.2, 0) is 14.8 Å². The lowest BCUT2D eigenvalue weighted by Crippen LogP contribution is -2.40. The van der Waals surface area contributed by atoms with Crippen molar-refractivity contribution in [1.82, 2.24) is 4.72 Å². The Hall–Kier alpha value is -1.11.